The van der Waals surface area contributed by atoms with Crippen LogP contribution in [-0.2, 0) is 14.8 Å². The van der Waals surface area contributed by atoms with Crippen molar-refractivity contribution >= 4 is 32.5 Å². The molecule has 0 unspecified atom stereocenters. The Balaban J connectivity index is 1.90. The smallest absolute Gasteiger partial charge is 0.243 e. The van der Waals surface area contributed by atoms with Gasteiger partial charge in [0.15, 0.2) is 0 Å². The highest BCUT2D eigenvalue weighted by Crippen LogP contribution is 2.21. The summed E-state index contributed by atoms with van der Waals surface area (Å²) >= 11 is 0. The average molecular weight is 383 g/mol. The van der Waals surface area contributed by atoms with E-state index in [9.17, 15) is 13.2 Å². The van der Waals surface area contributed by atoms with Crippen LogP contribution in [0.15, 0.2) is 71.8 Å². The number of nitrogens with one attached hydrogen (secondary N) is 2. The molecular formula is C20H21N3O3S. The number of sulfonamides is 1. The second-order valence-corrected chi connectivity index (χ2v) is 8.21. The maximum Gasteiger partial charge on any atom is 0.243 e. The van der Waals surface area contributed by atoms with Crippen molar-refractivity contribution in [3.05, 3.63) is 66.9 Å². The average Bonchev–Trinajstić information content (AvgIpc) is 2.66. The number of rotatable bonds is 6. The van der Waals surface area contributed by atoms with Crippen LogP contribution in [-0.4, -0.2) is 25.4 Å². The zero-order chi connectivity index (χ0) is 19.4. The quantitative estimate of drug-likeness (QED) is 0.684. The lowest BCUT2D eigenvalue weighted by molar-refractivity contribution is -0.118. The summed E-state index contributed by atoms with van der Waals surface area (Å²) in [5, 5.41) is 3.47. The van der Waals surface area contributed by atoms with E-state index in [1.54, 1.807) is 68.6 Å². The second kappa shape index (κ2) is 7.85. The molecule has 3 rings (SSSR count). The highest BCUT2D eigenvalue weighted by atomic mass is 32.2. The number of aromatic nitrogens is 1. The first kappa shape index (κ1) is 19.0. The number of hydrogen-bond acceptors (Lipinski definition) is 4. The third-order valence-electron chi connectivity index (χ3n) is 4.16. The lowest BCUT2D eigenvalue weighted by Gasteiger charge is -2.22. The molecule has 27 heavy (non-hydrogen) atoms. The SMILES string of the molecule is CC(C)[C@@H](NS(=O)(=O)c1cccc2cccnc12)C(=O)Nc1ccccc1. The molecule has 2 N–H and O–H groups in total. The molecule has 0 aliphatic carbocycles. The van der Waals surface area contributed by atoms with Crippen LogP contribution in [0.1, 0.15) is 13.8 Å². The number of nitrogens with zero attached hydrogens (tertiary/aromatic N) is 1. The summed E-state index contributed by atoms with van der Waals surface area (Å²) in [6, 6.07) is 16.5. The zero-order valence-electron chi connectivity index (χ0n) is 15.1. The molecule has 140 valence electrons. The van der Waals surface area contributed by atoms with Crippen molar-refractivity contribution in [1.82, 2.24) is 9.71 Å². The highest BCUT2D eigenvalue weighted by Gasteiger charge is 2.29. The standard InChI is InChI=1S/C20H21N3O3S/c1-14(2)18(20(24)22-16-10-4-3-5-11-16)23-27(25,26)17-12-6-8-15-9-7-13-21-19(15)17/h3-14,18,23H,1-2H3,(H,22,24)/t18-/m1/s1. The largest absolute Gasteiger partial charge is 0.325 e. The van der Waals surface area contributed by atoms with Gasteiger partial charge < -0.3 is 5.32 Å². The molecule has 0 saturated heterocycles. The summed E-state index contributed by atoms with van der Waals surface area (Å²) in [6.45, 7) is 3.58. The Morgan fingerprint density at radius 2 is 1.67 bits per heavy atom. The lowest BCUT2D eigenvalue weighted by atomic mass is 10.0. The van der Waals surface area contributed by atoms with Crippen molar-refractivity contribution < 1.29 is 13.2 Å². The second-order valence-electron chi connectivity index (χ2n) is 6.53. The Morgan fingerprint density at radius 3 is 2.37 bits per heavy atom. The molecule has 1 heterocycles. The van der Waals surface area contributed by atoms with Crippen molar-refractivity contribution in [1.29, 1.82) is 0 Å². The van der Waals surface area contributed by atoms with Gasteiger partial charge in [0.05, 0.1) is 5.52 Å². The molecule has 1 aromatic heterocycles. The van der Waals surface area contributed by atoms with E-state index < -0.39 is 22.0 Å². The fourth-order valence-corrected chi connectivity index (χ4v) is 4.28. The van der Waals surface area contributed by atoms with Gasteiger partial charge in [-0.3, -0.25) is 9.78 Å². The maximum absolute atomic E-state index is 13.0. The number of hydrogen-bond donors (Lipinski definition) is 2. The number of fused-ring (bicyclic) bond motifs is 1. The van der Waals surface area contributed by atoms with E-state index in [4.69, 9.17) is 0 Å². The minimum absolute atomic E-state index is 0.0544. The molecule has 0 aliphatic heterocycles. The molecule has 1 amide bonds. The van der Waals surface area contributed by atoms with Gasteiger partial charge in [0.2, 0.25) is 15.9 Å². The Hall–Kier alpha value is -2.77. The predicted molar refractivity (Wildman–Crippen MR) is 106 cm³/mol. The molecule has 0 radical (unpaired) electrons. The van der Waals surface area contributed by atoms with E-state index in [1.165, 1.54) is 6.07 Å². The highest BCUT2D eigenvalue weighted by molar-refractivity contribution is 7.89. The van der Waals surface area contributed by atoms with Gasteiger partial charge >= 0.3 is 0 Å². The van der Waals surface area contributed by atoms with Crippen molar-refractivity contribution in [2.24, 2.45) is 5.92 Å². The molecule has 3 aromatic rings. The number of carbonyl (C=O) groups is 1. The monoisotopic (exact) mass is 383 g/mol. The summed E-state index contributed by atoms with van der Waals surface area (Å²) in [5.41, 5.74) is 0.984. The lowest BCUT2D eigenvalue weighted by Crippen LogP contribution is -2.47. The summed E-state index contributed by atoms with van der Waals surface area (Å²) in [7, 11) is -3.94. The van der Waals surface area contributed by atoms with E-state index in [0.717, 1.165) is 5.39 Å². The summed E-state index contributed by atoms with van der Waals surface area (Å²) in [6.07, 6.45) is 1.55. The Bertz CT molecular complexity index is 1050. The normalized spacial score (nSPS) is 12.9. The van der Waals surface area contributed by atoms with Gasteiger partial charge in [-0.1, -0.05) is 50.2 Å². The van der Waals surface area contributed by atoms with Gasteiger partial charge in [0, 0.05) is 17.3 Å². The van der Waals surface area contributed by atoms with Crippen molar-refractivity contribution in [2.45, 2.75) is 24.8 Å². The fourth-order valence-electron chi connectivity index (χ4n) is 2.76. The maximum atomic E-state index is 13.0. The van der Waals surface area contributed by atoms with Crippen LogP contribution in [0.2, 0.25) is 0 Å². The van der Waals surface area contributed by atoms with Crippen LogP contribution >= 0.6 is 0 Å². The van der Waals surface area contributed by atoms with Crippen LogP contribution in [0.3, 0.4) is 0 Å². The van der Waals surface area contributed by atoms with E-state index in [0.29, 0.717) is 11.2 Å². The molecular weight excluding hydrogens is 362 g/mol. The number of benzene rings is 2. The van der Waals surface area contributed by atoms with Crippen LogP contribution in [0.5, 0.6) is 0 Å². The third kappa shape index (κ3) is 4.32. The predicted octanol–water partition coefficient (Wildman–Crippen LogP) is 3.18. The summed E-state index contributed by atoms with van der Waals surface area (Å²) < 4.78 is 28.5. The summed E-state index contributed by atoms with van der Waals surface area (Å²) in [4.78, 5) is 16.9. The zero-order valence-corrected chi connectivity index (χ0v) is 15.9. The number of anilines is 1. The Labute approximate surface area is 158 Å². The first-order chi connectivity index (χ1) is 12.9. The molecule has 0 spiro atoms. The fraction of sp³-hybridized carbons (Fsp3) is 0.200. The van der Waals surface area contributed by atoms with Crippen LogP contribution < -0.4 is 10.0 Å². The van der Waals surface area contributed by atoms with Gasteiger partial charge in [-0.25, -0.2) is 8.42 Å². The number of para-hydroxylation sites is 2. The van der Waals surface area contributed by atoms with Crippen molar-refractivity contribution in [3.8, 4) is 0 Å². The Kier molecular flexibility index (Phi) is 5.53. The topological polar surface area (TPSA) is 88.2 Å². The van der Waals surface area contributed by atoms with Gasteiger partial charge in [-0.05, 0) is 30.2 Å². The number of carbonyl (C=O) groups excluding carboxylic acids is 1. The summed E-state index contributed by atoms with van der Waals surface area (Å²) in [5.74, 6) is -0.653. The van der Waals surface area contributed by atoms with E-state index in [2.05, 4.69) is 15.0 Å². The first-order valence-electron chi connectivity index (χ1n) is 8.60. The van der Waals surface area contributed by atoms with Gasteiger partial charge in [0.25, 0.3) is 0 Å². The van der Waals surface area contributed by atoms with E-state index >= 15 is 0 Å². The minimum Gasteiger partial charge on any atom is -0.325 e. The van der Waals surface area contributed by atoms with Gasteiger partial charge in [0.1, 0.15) is 10.9 Å². The molecule has 6 nitrogen and oxygen atoms in total. The minimum atomic E-state index is -3.94. The molecule has 0 fully saturated rings. The molecule has 0 bridgehead atoms. The van der Waals surface area contributed by atoms with E-state index in [-0.39, 0.29) is 10.8 Å². The number of amides is 1. The van der Waals surface area contributed by atoms with Crippen molar-refractivity contribution in [2.75, 3.05) is 5.32 Å². The van der Waals surface area contributed by atoms with Gasteiger partial charge in [-0.2, -0.15) is 4.72 Å². The molecule has 0 saturated carbocycles. The van der Waals surface area contributed by atoms with E-state index in [1.807, 2.05) is 6.07 Å². The molecule has 0 aliphatic rings. The van der Waals surface area contributed by atoms with Crippen LogP contribution in [0.25, 0.3) is 10.9 Å². The van der Waals surface area contributed by atoms with Crippen molar-refractivity contribution in [3.63, 3.8) is 0 Å². The van der Waals surface area contributed by atoms with Crippen LogP contribution in [0.4, 0.5) is 5.69 Å². The molecule has 2 aromatic carbocycles. The molecule has 1 atom stereocenters. The third-order valence-corrected chi connectivity index (χ3v) is 5.63. The Morgan fingerprint density at radius 1 is 0.963 bits per heavy atom. The number of pyridine rings is 1. The first-order valence-corrected chi connectivity index (χ1v) is 10.1. The van der Waals surface area contributed by atoms with Crippen LogP contribution in [0, 0.1) is 5.92 Å². The van der Waals surface area contributed by atoms with Gasteiger partial charge in [-0.15, -0.1) is 0 Å². The molecule has 7 heteroatoms.